The molecule has 124 valence electrons. The van der Waals surface area contributed by atoms with Crippen LogP contribution in [0.3, 0.4) is 0 Å². The molecule has 0 aliphatic carbocycles. The molecule has 0 radical (unpaired) electrons. The average Bonchev–Trinajstić information content (AvgIpc) is 3.21. The number of carbonyl (C=O) groups is 1. The summed E-state index contributed by atoms with van der Waals surface area (Å²) in [4.78, 5) is 20.9. The van der Waals surface area contributed by atoms with Crippen molar-refractivity contribution < 1.29 is 4.79 Å². The van der Waals surface area contributed by atoms with Crippen LogP contribution in [0.25, 0.3) is 0 Å². The molecule has 3 aromatic rings. The monoisotopic (exact) mass is 340 g/mol. The molecule has 2 aromatic heterocycles. The van der Waals surface area contributed by atoms with Crippen molar-refractivity contribution in [2.24, 2.45) is 7.05 Å². The van der Waals surface area contributed by atoms with Gasteiger partial charge in [0.1, 0.15) is 5.69 Å². The number of nitrogens with zero attached hydrogens (tertiary/aromatic N) is 2. The first-order valence-electron chi connectivity index (χ1n) is 7.89. The molecule has 1 aromatic carbocycles. The Morgan fingerprint density at radius 1 is 1.25 bits per heavy atom. The van der Waals surface area contributed by atoms with Gasteiger partial charge in [-0.05, 0) is 37.1 Å². The minimum absolute atomic E-state index is 0.0348. The number of rotatable bonds is 7. The van der Waals surface area contributed by atoms with E-state index in [1.165, 1.54) is 0 Å². The molecule has 2 N–H and O–H groups in total. The number of hydrogen-bond acceptors (Lipinski definition) is 3. The highest BCUT2D eigenvalue weighted by Crippen LogP contribution is 2.24. The topological polar surface area (TPSA) is 62.7 Å². The Labute approximate surface area is 145 Å². The van der Waals surface area contributed by atoms with Crippen molar-refractivity contribution in [1.82, 2.24) is 19.9 Å². The number of hydrogen-bond donors (Lipinski definition) is 2. The van der Waals surface area contributed by atoms with Crippen molar-refractivity contribution in [3.8, 4) is 0 Å². The third kappa shape index (κ3) is 4.29. The molecule has 0 fully saturated rings. The van der Waals surface area contributed by atoms with E-state index in [1.54, 1.807) is 11.8 Å². The van der Waals surface area contributed by atoms with E-state index in [1.807, 2.05) is 54.3 Å². The number of benzene rings is 1. The molecule has 6 heteroatoms. The fourth-order valence-corrected chi connectivity index (χ4v) is 3.19. The number of H-pyrrole nitrogens is 1. The molecule has 0 bridgehead atoms. The highest BCUT2D eigenvalue weighted by atomic mass is 32.2. The number of aryl methyl sites for hydroxylation is 2. The molecule has 0 saturated heterocycles. The van der Waals surface area contributed by atoms with Crippen LogP contribution in [0.1, 0.15) is 22.6 Å². The molecule has 0 aliphatic heterocycles. The van der Waals surface area contributed by atoms with E-state index in [9.17, 15) is 4.79 Å². The lowest BCUT2D eigenvalue weighted by Gasteiger charge is -2.05. The fourth-order valence-electron chi connectivity index (χ4n) is 2.39. The van der Waals surface area contributed by atoms with Gasteiger partial charge in [0.2, 0.25) is 0 Å². The van der Waals surface area contributed by atoms with Crippen molar-refractivity contribution >= 4 is 17.7 Å². The maximum atomic E-state index is 12.0. The molecular formula is C18H20N4OS. The van der Waals surface area contributed by atoms with E-state index in [4.69, 9.17) is 0 Å². The Hall–Kier alpha value is -2.47. The Kier molecular flexibility index (Phi) is 5.38. The Morgan fingerprint density at radius 3 is 2.83 bits per heavy atom. The molecular weight excluding hydrogens is 320 g/mol. The number of nitrogens with one attached hydrogen (secondary N) is 2. The summed E-state index contributed by atoms with van der Waals surface area (Å²) in [6, 6.07) is 13.8. The van der Waals surface area contributed by atoms with E-state index in [2.05, 4.69) is 27.4 Å². The van der Waals surface area contributed by atoms with Crippen molar-refractivity contribution in [2.45, 2.75) is 22.9 Å². The molecule has 24 heavy (non-hydrogen) atoms. The predicted octanol–water partition coefficient (Wildman–Crippen LogP) is 3.26. The SMILES string of the molecule is Cn1cccc1C(=O)NCCCc1cnc(Sc2ccccc2)[nH]1. The van der Waals surface area contributed by atoms with E-state index in [0.29, 0.717) is 12.2 Å². The standard InChI is InChI=1S/C18H20N4OS/c1-22-12-6-10-16(22)17(23)19-11-5-7-14-13-20-18(21-14)24-15-8-3-2-4-9-15/h2-4,6,8-10,12-13H,5,7,11H2,1H3,(H,19,23)(H,20,21). The number of carbonyl (C=O) groups excluding carboxylic acids is 1. The summed E-state index contributed by atoms with van der Waals surface area (Å²) in [6.07, 6.45) is 5.46. The van der Waals surface area contributed by atoms with Crippen LogP contribution in [-0.4, -0.2) is 27.0 Å². The molecule has 0 aliphatic rings. The van der Waals surface area contributed by atoms with Crippen LogP contribution in [-0.2, 0) is 13.5 Å². The van der Waals surface area contributed by atoms with Crippen molar-refractivity contribution in [2.75, 3.05) is 6.54 Å². The average molecular weight is 340 g/mol. The molecule has 0 atom stereocenters. The van der Waals surface area contributed by atoms with Gasteiger partial charge in [-0.1, -0.05) is 30.0 Å². The van der Waals surface area contributed by atoms with Crippen molar-refractivity contribution in [1.29, 1.82) is 0 Å². The first-order valence-corrected chi connectivity index (χ1v) is 8.70. The van der Waals surface area contributed by atoms with Crippen LogP contribution < -0.4 is 5.32 Å². The van der Waals surface area contributed by atoms with Gasteiger partial charge in [0.25, 0.3) is 5.91 Å². The summed E-state index contributed by atoms with van der Waals surface area (Å²) in [5, 5.41) is 3.84. The summed E-state index contributed by atoms with van der Waals surface area (Å²) < 4.78 is 1.82. The molecule has 0 spiro atoms. The minimum Gasteiger partial charge on any atom is -0.351 e. The Balaban J connectivity index is 1.43. The van der Waals surface area contributed by atoms with Gasteiger partial charge in [0, 0.05) is 36.6 Å². The third-order valence-electron chi connectivity index (χ3n) is 3.65. The van der Waals surface area contributed by atoms with Crippen LogP contribution in [0.2, 0.25) is 0 Å². The quantitative estimate of drug-likeness (QED) is 0.649. The maximum absolute atomic E-state index is 12.0. The Morgan fingerprint density at radius 2 is 2.08 bits per heavy atom. The van der Waals surface area contributed by atoms with Gasteiger partial charge in [-0.3, -0.25) is 4.79 Å². The second-order valence-corrected chi connectivity index (χ2v) is 6.55. The van der Waals surface area contributed by atoms with Gasteiger partial charge in [0.15, 0.2) is 5.16 Å². The second-order valence-electron chi connectivity index (χ2n) is 5.49. The summed E-state index contributed by atoms with van der Waals surface area (Å²) in [7, 11) is 1.87. The van der Waals surface area contributed by atoms with Crippen LogP contribution in [0, 0.1) is 0 Å². The summed E-state index contributed by atoms with van der Waals surface area (Å²) in [5.41, 5.74) is 1.76. The lowest BCUT2D eigenvalue weighted by atomic mass is 10.2. The molecule has 0 saturated carbocycles. The first kappa shape index (κ1) is 16.4. The lowest BCUT2D eigenvalue weighted by molar-refractivity contribution is 0.0945. The molecule has 0 unspecified atom stereocenters. The number of amides is 1. The van der Waals surface area contributed by atoms with Gasteiger partial charge in [-0.2, -0.15) is 0 Å². The summed E-state index contributed by atoms with van der Waals surface area (Å²) in [5.74, 6) is -0.0348. The van der Waals surface area contributed by atoms with E-state index >= 15 is 0 Å². The minimum atomic E-state index is -0.0348. The molecule has 5 nitrogen and oxygen atoms in total. The molecule has 2 heterocycles. The maximum Gasteiger partial charge on any atom is 0.267 e. The first-order chi connectivity index (χ1) is 11.7. The molecule has 1 amide bonds. The van der Waals surface area contributed by atoms with Gasteiger partial charge in [0.05, 0.1) is 0 Å². The zero-order chi connectivity index (χ0) is 16.8. The highest BCUT2D eigenvalue weighted by Gasteiger charge is 2.08. The summed E-state index contributed by atoms with van der Waals surface area (Å²) >= 11 is 1.61. The van der Waals surface area contributed by atoms with Crippen LogP contribution >= 0.6 is 11.8 Å². The van der Waals surface area contributed by atoms with Crippen LogP contribution in [0.15, 0.2) is 64.9 Å². The highest BCUT2D eigenvalue weighted by molar-refractivity contribution is 7.99. The van der Waals surface area contributed by atoms with Gasteiger partial charge >= 0.3 is 0 Å². The summed E-state index contributed by atoms with van der Waals surface area (Å²) in [6.45, 7) is 0.643. The van der Waals surface area contributed by atoms with E-state index < -0.39 is 0 Å². The van der Waals surface area contributed by atoms with E-state index in [-0.39, 0.29) is 5.91 Å². The van der Waals surface area contributed by atoms with Gasteiger partial charge in [-0.15, -0.1) is 0 Å². The fraction of sp³-hybridized carbons (Fsp3) is 0.222. The molecule has 3 rings (SSSR count). The van der Waals surface area contributed by atoms with E-state index in [0.717, 1.165) is 28.6 Å². The lowest BCUT2D eigenvalue weighted by Crippen LogP contribution is -2.26. The number of aromatic amines is 1. The zero-order valence-electron chi connectivity index (χ0n) is 13.5. The number of aromatic nitrogens is 3. The second kappa shape index (κ2) is 7.88. The zero-order valence-corrected chi connectivity index (χ0v) is 14.3. The predicted molar refractivity (Wildman–Crippen MR) is 95.2 cm³/mol. The normalized spacial score (nSPS) is 10.7. The van der Waals surface area contributed by atoms with Crippen molar-refractivity contribution in [3.05, 3.63) is 66.2 Å². The van der Waals surface area contributed by atoms with Crippen LogP contribution in [0.5, 0.6) is 0 Å². The van der Waals surface area contributed by atoms with Crippen LogP contribution in [0.4, 0.5) is 0 Å². The van der Waals surface area contributed by atoms with Crippen molar-refractivity contribution in [3.63, 3.8) is 0 Å². The largest absolute Gasteiger partial charge is 0.351 e. The van der Waals surface area contributed by atoms with Gasteiger partial charge in [-0.25, -0.2) is 4.98 Å². The van der Waals surface area contributed by atoms with Gasteiger partial charge < -0.3 is 14.9 Å². The third-order valence-corrected chi connectivity index (χ3v) is 4.56. The number of imidazole rings is 1. The smallest absolute Gasteiger partial charge is 0.267 e. The Bertz CT molecular complexity index is 794.